The maximum absolute atomic E-state index is 11.2. The summed E-state index contributed by atoms with van der Waals surface area (Å²) in [6.07, 6.45) is 3.43. The lowest BCUT2D eigenvalue weighted by molar-refractivity contribution is 0.0698. The van der Waals surface area contributed by atoms with Crippen LogP contribution in [0.2, 0.25) is 0 Å². The van der Waals surface area contributed by atoms with Gasteiger partial charge in [-0.25, -0.2) is 4.79 Å². The Morgan fingerprint density at radius 1 is 1.53 bits per heavy atom. The topological polar surface area (TPSA) is 52.6 Å². The molecule has 1 aromatic rings. The standard InChI is InChI=1S/C14H22N2O2S/c1-2-8-16(12-3-6-15-7-4-12)10-11-5-9-19-13(11)14(17)18/h5,9,12,15H,2-4,6-8,10H2,1H3,(H,17,18). The lowest BCUT2D eigenvalue weighted by atomic mass is 10.0. The molecule has 0 atom stereocenters. The molecule has 0 radical (unpaired) electrons. The fourth-order valence-corrected chi connectivity index (χ4v) is 3.47. The minimum atomic E-state index is -0.799. The van der Waals surface area contributed by atoms with Crippen molar-refractivity contribution in [1.82, 2.24) is 10.2 Å². The van der Waals surface area contributed by atoms with Gasteiger partial charge in [0.15, 0.2) is 0 Å². The zero-order valence-electron chi connectivity index (χ0n) is 11.4. The molecule has 1 aromatic heterocycles. The Labute approximate surface area is 118 Å². The molecule has 2 N–H and O–H groups in total. The molecular formula is C14H22N2O2S. The van der Waals surface area contributed by atoms with Crippen molar-refractivity contribution in [3.8, 4) is 0 Å². The van der Waals surface area contributed by atoms with E-state index in [1.807, 2.05) is 11.4 Å². The summed E-state index contributed by atoms with van der Waals surface area (Å²) in [6.45, 7) is 6.13. The second-order valence-electron chi connectivity index (χ2n) is 5.03. The fourth-order valence-electron chi connectivity index (χ4n) is 2.72. The van der Waals surface area contributed by atoms with Gasteiger partial charge in [0, 0.05) is 12.6 Å². The van der Waals surface area contributed by atoms with Crippen LogP contribution in [0, 0.1) is 0 Å². The van der Waals surface area contributed by atoms with Gasteiger partial charge >= 0.3 is 5.97 Å². The Morgan fingerprint density at radius 3 is 2.89 bits per heavy atom. The number of thiophene rings is 1. The number of hydrogen-bond donors (Lipinski definition) is 2. The van der Waals surface area contributed by atoms with Crippen molar-refractivity contribution >= 4 is 17.3 Å². The van der Waals surface area contributed by atoms with E-state index in [0.29, 0.717) is 10.9 Å². The predicted molar refractivity (Wildman–Crippen MR) is 77.9 cm³/mol. The van der Waals surface area contributed by atoms with E-state index in [-0.39, 0.29) is 0 Å². The molecule has 0 saturated carbocycles. The first-order valence-electron chi connectivity index (χ1n) is 6.96. The fraction of sp³-hybridized carbons (Fsp3) is 0.643. The van der Waals surface area contributed by atoms with Crippen LogP contribution in [0.1, 0.15) is 41.4 Å². The van der Waals surface area contributed by atoms with Crippen LogP contribution in [-0.2, 0) is 6.54 Å². The summed E-state index contributed by atoms with van der Waals surface area (Å²) in [5.41, 5.74) is 0.962. The first-order valence-corrected chi connectivity index (χ1v) is 7.84. The molecule has 5 heteroatoms. The SMILES string of the molecule is CCCN(Cc1ccsc1C(=O)O)C1CCNCC1. The molecule has 1 aliphatic rings. The van der Waals surface area contributed by atoms with Crippen molar-refractivity contribution < 1.29 is 9.90 Å². The monoisotopic (exact) mass is 282 g/mol. The average molecular weight is 282 g/mol. The van der Waals surface area contributed by atoms with Crippen molar-refractivity contribution in [3.05, 3.63) is 21.9 Å². The van der Waals surface area contributed by atoms with Gasteiger partial charge in [-0.2, -0.15) is 0 Å². The van der Waals surface area contributed by atoms with E-state index in [1.54, 1.807) is 0 Å². The molecule has 0 amide bonds. The van der Waals surface area contributed by atoms with Gasteiger partial charge in [-0.1, -0.05) is 6.92 Å². The van der Waals surface area contributed by atoms with E-state index in [4.69, 9.17) is 0 Å². The lowest BCUT2D eigenvalue weighted by Gasteiger charge is -2.34. The number of nitrogens with one attached hydrogen (secondary N) is 1. The quantitative estimate of drug-likeness (QED) is 0.841. The van der Waals surface area contributed by atoms with Gasteiger partial charge < -0.3 is 10.4 Å². The van der Waals surface area contributed by atoms with Crippen molar-refractivity contribution in [2.75, 3.05) is 19.6 Å². The van der Waals surface area contributed by atoms with Crippen LogP contribution in [0.5, 0.6) is 0 Å². The number of carboxylic acid groups (broad SMARTS) is 1. The molecule has 0 aliphatic carbocycles. The summed E-state index contributed by atoms with van der Waals surface area (Å²) in [4.78, 5) is 14.1. The second kappa shape index (κ2) is 7.03. The third kappa shape index (κ3) is 3.78. The Hall–Kier alpha value is -0.910. The molecule has 2 rings (SSSR count). The van der Waals surface area contributed by atoms with E-state index in [0.717, 1.165) is 51.0 Å². The highest BCUT2D eigenvalue weighted by Crippen LogP contribution is 2.22. The molecule has 0 aromatic carbocycles. The van der Waals surface area contributed by atoms with Crippen LogP contribution in [0.25, 0.3) is 0 Å². The second-order valence-corrected chi connectivity index (χ2v) is 5.95. The Morgan fingerprint density at radius 2 is 2.26 bits per heavy atom. The maximum atomic E-state index is 11.2. The van der Waals surface area contributed by atoms with Crippen LogP contribution in [-0.4, -0.2) is 41.7 Å². The lowest BCUT2D eigenvalue weighted by Crippen LogP contribution is -2.43. The summed E-state index contributed by atoms with van der Waals surface area (Å²) < 4.78 is 0. The Balaban J connectivity index is 2.06. The Kier molecular flexibility index (Phi) is 5.36. The largest absolute Gasteiger partial charge is 0.477 e. The maximum Gasteiger partial charge on any atom is 0.346 e. The average Bonchev–Trinajstić information content (AvgIpc) is 2.88. The number of nitrogens with zero attached hydrogens (tertiary/aromatic N) is 1. The minimum Gasteiger partial charge on any atom is -0.477 e. The van der Waals surface area contributed by atoms with Crippen LogP contribution in [0.4, 0.5) is 0 Å². The molecule has 2 heterocycles. The number of rotatable bonds is 6. The van der Waals surface area contributed by atoms with Crippen molar-refractivity contribution in [1.29, 1.82) is 0 Å². The third-order valence-corrected chi connectivity index (χ3v) is 4.60. The highest BCUT2D eigenvalue weighted by atomic mass is 32.1. The predicted octanol–water partition coefficient (Wildman–Crippen LogP) is 2.41. The normalized spacial score (nSPS) is 16.9. The zero-order valence-corrected chi connectivity index (χ0v) is 12.2. The van der Waals surface area contributed by atoms with Gasteiger partial charge in [0.2, 0.25) is 0 Å². The number of aromatic carboxylic acids is 1. The molecule has 1 fully saturated rings. The molecule has 0 unspecified atom stereocenters. The van der Waals surface area contributed by atoms with E-state index >= 15 is 0 Å². The van der Waals surface area contributed by atoms with E-state index in [1.165, 1.54) is 11.3 Å². The van der Waals surface area contributed by atoms with Crippen molar-refractivity contribution in [2.24, 2.45) is 0 Å². The molecule has 1 saturated heterocycles. The summed E-state index contributed by atoms with van der Waals surface area (Å²) in [6, 6.07) is 2.54. The molecular weight excluding hydrogens is 260 g/mol. The van der Waals surface area contributed by atoms with Crippen LogP contribution < -0.4 is 5.32 Å². The van der Waals surface area contributed by atoms with Gasteiger partial charge in [-0.3, -0.25) is 4.90 Å². The van der Waals surface area contributed by atoms with Crippen molar-refractivity contribution in [3.63, 3.8) is 0 Å². The van der Waals surface area contributed by atoms with Crippen LogP contribution in [0.3, 0.4) is 0 Å². The van der Waals surface area contributed by atoms with E-state index < -0.39 is 5.97 Å². The van der Waals surface area contributed by atoms with Crippen molar-refractivity contribution in [2.45, 2.75) is 38.8 Å². The molecule has 0 bridgehead atoms. The van der Waals surface area contributed by atoms with Gasteiger partial charge in [0.1, 0.15) is 4.88 Å². The highest BCUT2D eigenvalue weighted by Gasteiger charge is 2.22. The summed E-state index contributed by atoms with van der Waals surface area (Å²) >= 11 is 1.33. The van der Waals surface area contributed by atoms with Crippen LogP contribution in [0.15, 0.2) is 11.4 Å². The third-order valence-electron chi connectivity index (χ3n) is 3.65. The number of carboxylic acids is 1. The summed E-state index contributed by atoms with van der Waals surface area (Å²) in [5, 5.41) is 14.5. The highest BCUT2D eigenvalue weighted by molar-refractivity contribution is 7.12. The molecule has 19 heavy (non-hydrogen) atoms. The number of hydrogen-bond acceptors (Lipinski definition) is 4. The van der Waals surface area contributed by atoms with Gasteiger partial charge in [0.25, 0.3) is 0 Å². The zero-order chi connectivity index (χ0) is 13.7. The summed E-state index contributed by atoms with van der Waals surface area (Å²) in [7, 11) is 0. The number of piperidine rings is 1. The van der Waals surface area contributed by atoms with Gasteiger partial charge in [0.05, 0.1) is 0 Å². The molecule has 4 nitrogen and oxygen atoms in total. The van der Waals surface area contributed by atoms with E-state index in [2.05, 4.69) is 17.1 Å². The molecule has 0 spiro atoms. The van der Waals surface area contributed by atoms with E-state index in [9.17, 15) is 9.90 Å². The minimum absolute atomic E-state index is 0.495. The van der Waals surface area contributed by atoms with Gasteiger partial charge in [-0.05, 0) is 55.9 Å². The van der Waals surface area contributed by atoms with Crippen LogP contribution >= 0.6 is 11.3 Å². The first kappa shape index (κ1) is 14.5. The molecule has 106 valence electrons. The summed E-state index contributed by atoms with van der Waals surface area (Å²) in [5.74, 6) is -0.799. The molecule has 1 aliphatic heterocycles. The number of carbonyl (C=O) groups is 1. The Bertz CT molecular complexity index is 413. The smallest absolute Gasteiger partial charge is 0.346 e. The van der Waals surface area contributed by atoms with Gasteiger partial charge in [-0.15, -0.1) is 11.3 Å². The first-order chi connectivity index (χ1) is 9.22.